The number of aromatic amines is 1. The maximum absolute atomic E-state index is 11.8. The molecule has 0 bridgehead atoms. The van der Waals surface area contributed by atoms with Gasteiger partial charge in [-0.2, -0.15) is 0 Å². The first kappa shape index (κ1) is 9.28. The fourth-order valence-corrected chi connectivity index (χ4v) is 2.54. The zero-order chi connectivity index (χ0) is 12.5. The SMILES string of the molecule is [2H]CC(c1c[nH]c2ccccc12)N1CCCC1=O. The highest BCUT2D eigenvalue weighted by atomic mass is 16.2. The van der Waals surface area contributed by atoms with Gasteiger partial charge in [0.15, 0.2) is 0 Å². The number of nitrogens with zero attached hydrogens (tertiary/aromatic N) is 1. The first-order chi connectivity index (χ1) is 8.81. The van der Waals surface area contributed by atoms with E-state index in [9.17, 15) is 4.79 Å². The summed E-state index contributed by atoms with van der Waals surface area (Å²) in [5.74, 6) is 0.178. The van der Waals surface area contributed by atoms with E-state index in [0.29, 0.717) is 6.42 Å². The van der Waals surface area contributed by atoms with E-state index in [0.717, 1.165) is 29.4 Å². The second-order valence-corrected chi connectivity index (χ2v) is 4.50. The number of para-hydroxylation sites is 1. The van der Waals surface area contributed by atoms with Gasteiger partial charge in [0, 0.05) is 31.4 Å². The molecule has 1 aliphatic heterocycles. The van der Waals surface area contributed by atoms with Crippen LogP contribution in [0.15, 0.2) is 30.5 Å². The average molecular weight is 229 g/mol. The molecule has 3 rings (SSSR count). The molecule has 1 aliphatic rings. The molecule has 17 heavy (non-hydrogen) atoms. The molecule has 3 nitrogen and oxygen atoms in total. The van der Waals surface area contributed by atoms with E-state index in [-0.39, 0.29) is 18.8 Å². The summed E-state index contributed by atoms with van der Waals surface area (Å²) in [6.45, 7) is 0.996. The first-order valence-corrected chi connectivity index (χ1v) is 5.96. The van der Waals surface area contributed by atoms with E-state index in [1.54, 1.807) is 0 Å². The summed E-state index contributed by atoms with van der Waals surface area (Å²) >= 11 is 0. The van der Waals surface area contributed by atoms with Crippen molar-refractivity contribution in [2.75, 3.05) is 6.54 Å². The highest BCUT2D eigenvalue weighted by Crippen LogP contribution is 2.30. The molecule has 88 valence electrons. The minimum absolute atomic E-state index is 0.115. The van der Waals surface area contributed by atoms with Gasteiger partial charge in [-0.15, -0.1) is 0 Å². The standard InChI is InChI=1S/C14H16N2O/c1-10(16-8-4-7-14(16)17)12-9-15-13-6-3-2-5-11(12)13/h2-3,5-6,9-10,15H,4,7-8H2,1H3/i1D. The lowest BCUT2D eigenvalue weighted by atomic mass is 10.1. The van der Waals surface area contributed by atoms with Crippen LogP contribution in [0, 0.1) is 0 Å². The summed E-state index contributed by atoms with van der Waals surface area (Å²) in [6.07, 6.45) is 3.48. The Kier molecular flexibility index (Phi) is 2.14. The quantitative estimate of drug-likeness (QED) is 0.844. The molecule has 1 fully saturated rings. The number of carbonyl (C=O) groups is 1. The molecule has 2 aromatic rings. The number of fused-ring (bicyclic) bond motifs is 1. The summed E-state index contributed by atoms with van der Waals surface area (Å²) in [6, 6.07) is 7.93. The lowest BCUT2D eigenvalue weighted by molar-refractivity contribution is -0.129. The van der Waals surface area contributed by atoms with Crippen molar-refractivity contribution >= 4 is 16.8 Å². The van der Waals surface area contributed by atoms with Crippen LogP contribution in [0.2, 0.25) is 0 Å². The summed E-state index contributed by atoms with van der Waals surface area (Å²) < 4.78 is 7.76. The summed E-state index contributed by atoms with van der Waals surface area (Å²) in [5.41, 5.74) is 2.13. The summed E-state index contributed by atoms with van der Waals surface area (Å²) in [4.78, 5) is 16.9. The lowest BCUT2D eigenvalue weighted by Gasteiger charge is -2.23. The third-order valence-corrected chi connectivity index (χ3v) is 3.47. The number of rotatable bonds is 2. The maximum atomic E-state index is 11.8. The average Bonchev–Trinajstić information content (AvgIpc) is 2.99. The fraction of sp³-hybridized carbons (Fsp3) is 0.357. The molecule has 1 unspecified atom stereocenters. The second kappa shape index (κ2) is 3.91. The molecular weight excluding hydrogens is 212 g/mol. The molecular formula is C14H16N2O. The molecule has 1 aromatic heterocycles. The van der Waals surface area contributed by atoms with Gasteiger partial charge in [0.25, 0.3) is 0 Å². The Hall–Kier alpha value is -1.77. The van der Waals surface area contributed by atoms with Crippen molar-refractivity contribution in [1.82, 2.24) is 9.88 Å². The van der Waals surface area contributed by atoms with Crippen LogP contribution >= 0.6 is 0 Å². The third-order valence-electron chi connectivity index (χ3n) is 3.47. The van der Waals surface area contributed by atoms with Gasteiger partial charge in [0.1, 0.15) is 0 Å². The van der Waals surface area contributed by atoms with Gasteiger partial charge in [-0.1, -0.05) is 18.2 Å². The van der Waals surface area contributed by atoms with Crippen molar-refractivity contribution in [2.24, 2.45) is 0 Å². The molecule has 0 radical (unpaired) electrons. The van der Waals surface area contributed by atoms with E-state index < -0.39 is 0 Å². The Morgan fingerprint density at radius 1 is 1.47 bits per heavy atom. The van der Waals surface area contributed by atoms with E-state index in [1.807, 2.05) is 35.4 Å². The summed E-state index contributed by atoms with van der Waals surface area (Å²) in [5, 5.41) is 1.12. The maximum Gasteiger partial charge on any atom is 0.223 e. The number of hydrogen-bond donors (Lipinski definition) is 1. The monoisotopic (exact) mass is 229 g/mol. The highest BCUT2D eigenvalue weighted by molar-refractivity contribution is 5.85. The van der Waals surface area contributed by atoms with Gasteiger partial charge in [-0.25, -0.2) is 0 Å². The van der Waals surface area contributed by atoms with Crippen molar-refractivity contribution in [1.29, 1.82) is 0 Å². The van der Waals surface area contributed by atoms with Crippen LogP contribution in [0.5, 0.6) is 0 Å². The van der Waals surface area contributed by atoms with Gasteiger partial charge in [-0.05, 0) is 25.0 Å². The highest BCUT2D eigenvalue weighted by Gasteiger charge is 2.27. The van der Waals surface area contributed by atoms with Gasteiger partial charge < -0.3 is 9.88 Å². The Labute approximate surface area is 102 Å². The van der Waals surface area contributed by atoms with Crippen LogP contribution in [0.3, 0.4) is 0 Å². The van der Waals surface area contributed by atoms with Crippen LogP contribution in [-0.4, -0.2) is 22.3 Å². The number of likely N-dealkylation sites (tertiary alicyclic amines) is 1. The van der Waals surface area contributed by atoms with Gasteiger partial charge in [0.2, 0.25) is 5.91 Å². The molecule has 1 amide bonds. The predicted molar refractivity (Wildman–Crippen MR) is 67.7 cm³/mol. The molecule has 1 atom stereocenters. The van der Waals surface area contributed by atoms with Crippen molar-refractivity contribution in [3.63, 3.8) is 0 Å². The zero-order valence-electron chi connectivity index (χ0n) is 10.6. The molecule has 1 aromatic carbocycles. The van der Waals surface area contributed by atoms with E-state index in [2.05, 4.69) is 4.98 Å². The predicted octanol–water partition coefficient (Wildman–Crippen LogP) is 2.85. The Morgan fingerprint density at radius 2 is 2.35 bits per heavy atom. The van der Waals surface area contributed by atoms with Gasteiger partial charge >= 0.3 is 0 Å². The molecule has 0 spiro atoms. The Balaban J connectivity index is 2.03. The van der Waals surface area contributed by atoms with Crippen LogP contribution in [0.1, 0.15) is 32.7 Å². The Bertz CT molecular complexity index is 578. The molecule has 2 heterocycles. The van der Waals surface area contributed by atoms with Gasteiger partial charge in [0.05, 0.1) is 6.04 Å². The van der Waals surface area contributed by atoms with E-state index >= 15 is 0 Å². The molecule has 3 heteroatoms. The van der Waals surface area contributed by atoms with Crippen LogP contribution in [0.4, 0.5) is 0 Å². The smallest absolute Gasteiger partial charge is 0.223 e. The van der Waals surface area contributed by atoms with Crippen molar-refractivity contribution < 1.29 is 6.17 Å². The van der Waals surface area contributed by atoms with E-state index in [1.165, 1.54) is 0 Å². The molecule has 0 aliphatic carbocycles. The van der Waals surface area contributed by atoms with Crippen molar-refractivity contribution in [3.05, 3.63) is 36.0 Å². The lowest BCUT2D eigenvalue weighted by Crippen LogP contribution is -2.27. The molecule has 1 saturated heterocycles. The van der Waals surface area contributed by atoms with Crippen LogP contribution in [0.25, 0.3) is 10.9 Å². The van der Waals surface area contributed by atoms with Crippen LogP contribution in [-0.2, 0) is 4.79 Å². The van der Waals surface area contributed by atoms with E-state index in [4.69, 9.17) is 1.37 Å². The van der Waals surface area contributed by atoms with Crippen molar-refractivity contribution in [2.45, 2.75) is 25.8 Å². The van der Waals surface area contributed by atoms with Crippen LogP contribution < -0.4 is 0 Å². The normalized spacial score (nSPS) is 18.7. The minimum Gasteiger partial charge on any atom is -0.361 e. The largest absolute Gasteiger partial charge is 0.361 e. The number of carbonyl (C=O) groups excluding carboxylic acids is 1. The number of hydrogen-bond acceptors (Lipinski definition) is 1. The third kappa shape index (κ3) is 1.62. The first-order valence-electron chi connectivity index (χ1n) is 6.66. The number of H-pyrrole nitrogens is 1. The van der Waals surface area contributed by atoms with Gasteiger partial charge in [-0.3, -0.25) is 4.79 Å². The zero-order valence-corrected chi connectivity index (χ0v) is 9.65. The minimum atomic E-state index is -0.115. The fourth-order valence-electron chi connectivity index (χ4n) is 2.54. The van der Waals surface area contributed by atoms with Crippen molar-refractivity contribution in [3.8, 4) is 0 Å². The molecule has 0 saturated carbocycles. The number of nitrogens with one attached hydrogen (secondary N) is 1. The topological polar surface area (TPSA) is 36.1 Å². The number of benzene rings is 1. The number of aromatic nitrogens is 1. The summed E-state index contributed by atoms with van der Waals surface area (Å²) in [7, 11) is 0. The molecule has 1 N–H and O–H groups in total. The Morgan fingerprint density at radius 3 is 3.12 bits per heavy atom. The second-order valence-electron chi connectivity index (χ2n) is 4.50. The number of amides is 1.